The molecule has 108 valence electrons. The van der Waals surface area contributed by atoms with Gasteiger partial charge in [0, 0.05) is 0 Å². The summed E-state index contributed by atoms with van der Waals surface area (Å²) in [4.78, 5) is 17.1. The maximum Gasteiger partial charge on any atom is 0.288 e. The van der Waals surface area contributed by atoms with Crippen molar-refractivity contribution in [1.29, 1.82) is 0 Å². The second-order valence-corrected chi connectivity index (χ2v) is 4.60. The van der Waals surface area contributed by atoms with Crippen molar-refractivity contribution in [3.05, 3.63) is 60.2 Å². The minimum absolute atomic E-state index is 0.164. The van der Waals surface area contributed by atoms with Gasteiger partial charge in [0.05, 0.1) is 6.61 Å². The Labute approximate surface area is 122 Å². The summed E-state index contributed by atoms with van der Waals surface area (Å²) in [7, 11) is 0. The van der Waals surface area contributed by atoms with E-state index in [1.54, 1.807) is 12.1 Å². The van der Waals surface area contributed by atoms with Gasteiger partial charge in [0.2, 0.25) is 6.10 Å². The van der Waals surface area contributed by atoms with Crippen molar-refractivity contribution in [3.8, 4) is 11.5 Å². The third-order valence-corrected chi connectivity index (χ3v) is 3.06. The summed E-state index contributed by atoms with van der Waals surface area (Å²) in [5.41, 5.74) is 3.36. The number of carbonyl (C=O) groups excluding carboxylic acids is 1. The molecule has 0 saturated carbocycles. The zero-order chi connectivity index (χ0) is 14.5. The van der Waals surface area contributed by atoms with E-state index in [1.807, 2.05) is 42.5 Å². The number of fused-ring (bicyclic) bond motifs is 1. The molecule has 1 amide bonds. The maximum atomic E-state index is 12.0. The van der Waals surface area contributed by atoms with Gasteiger partial charge in [0.1, 0.15) is 6.61 Å². The number of hydroxylamine groups is 1. The van der Waals surface area contributed by atoms with E-state index in [9.17, 15) is 4.79 Å². The molecule has 1 aliphatic heterocycles. The zero-order valence-corrected chi connectivity index (χ0v) is 11.3. The van der Waals surface area contributed by atoms with E-state index >= 15 is 0 Å². The van der Waals surface area contributed by atoms with Gasteiger partial charge >= 0.3 is 0 Å². The van der Waals surface area contributed by atoms with Crippen LogP contribution in [0.3, 0.4) is 0 Å². The van der Waals surface area contributed by atoms with Gasteiger partial charge in [-0.15, -0.1) is 0 Å². The van der Waals surface area contributed by atoms with Crippen molar-refractivity contribution >= 4 is 5.91 Å². The molecule has 0 aromatic heterocycles. The first-order chi connectivity index (χ1) is 10.3. The third kappa shape index (κ3) is 3.32. The van der Waals surface area contributed by atoms with Gasteiger partial charge in [-0.2, -0.15) is 0 Å². The molecule has 3 rings (SSSR count). The van der Waals surface area contributed by atoms with E-state index in [-0.39, 0.29) is 12.5 Å². The van der Waals surface area contributed by atoms with Crippen molar-refractivity contribution in [3.63, 3.8) is 0 Å². The van der Waals surface area contributed by atoms with E-state index in [0.717, 1.165) is 5.56 Å². The Bertz CT molecular complexity index is 615. The average molecular weight is 285 g/mol. The van der Waals surface area contributed by atoms with Crippen LogP contribution in [-0.4, -0.2) is 18.6 Å². The van der Waals surface area contributed by atoms with Crippen molar-refractivity contribution in [2.45, 2.75) is 12.7 Å². The molecule has 21 heavy (non-hydrogen) atoms. The van der Waals surface area contributed by atoms with Gasteiger partial charge in [0.25, 0.3) is 5.91 Å². The fourth-order valence-electron chi connectivity index (χ4n) is 1.98. The molecular formula is C16H15NO4. The SMILES string of the molecule is O=C(NOCc1ccccc1)[C@H]1COc2ccccc2O1. The molecule has 5 heteroatoms. The minimum Gasteiger partial charge on any atom is -0.485 e. The predicted octanol–water partition coefficient (Wildman–Crippen LogP) is 2.07. The fraction of sp³-hybridized carbons (Fsp3) is 0.188. The molecule has 0 fully saturated rings. The fourth-order valence-corrected chi connectivity index (χ4v) is 1.98. The van der Waals surface area contributed by atoms with E-state index < -0.39 is 6.10 Å². The monoisotopic (exact) mass is 285 g/mol. The van der Waals surface area contributed by atoms with Gasteiger partial charge in [-0.25, -0.2) is 5.48 Å². The number of para-hydroxylation sites is 2. The molecule has 1 N–H and O–H groups in total. The molecule has 5 nitrogen and oxygen atoms in total. The zero-order valence-electron chi connectivity index (χ0n) is 11.3. The molecule has 0 spiro atoms. The molecule has 1 heterocycles. The van der Waals surface area contributed by atoms with E-state index in [0.29, 0.717) is 18.1 Å². The molecule has 1 atom stereocenters. The number of nitrogens with one attached hydrogen (secondary N) is 1. The van der Waals surface area contributed by atoms with Crippen LogP contribution in [0.2, 0.25) is 0 Å². The molecule has 0 aliphatic carbocycles. The quantitative estimate of drug-likeness (QED) is 0.874. The highest BCUT2D eigenvalue weighted by Gasteiger charge is 2.27. The summed E-state index contributed by atoms with van der Waals surface area (Å²) in [5.74, 6) is 0.846. The lowest BCUT2D eigenvalue weighted by Crippen LogP contribution is -2.43. The van der Waals surface area contributed by atoms with Gasteiger partial charge in [-0.3, -0.25) is 9.63 Å². The second kappa shape index (κ2) is 6.28. The van der Waals surface area contributed by atoms with Crippen LogP contribution in [0.4, 0.5) is 0 Å². The average Bonchev–Trinajstić information content (AvgIpc) is 2.55. The lowest BCUT2D eigenvalue weighted by molar-refractivity contribution is -0.144. The van der Waals surface area contributed by atoms with E-state index in [4.69, 9.17) is 14.3 Å². The van der Waals surface area contributed by atoms with Crippen LogP contribution in [-0.2, 0) is 16.2 Å². The minimum atomic E-state index is -0.712. The Balaban J connectivity index is 1.50. The smallest absolute Gasteiger partial charge is 0.288 e. The highest BCUT2D eigenvalue weighted by molar-refractivity contribution is 5.80. The lowest BCUT2D eigenvalue weighted by atomic mass is 10.2. The standard InChI is InChI=1S/C16H15NO4/c18-16(17-20-10-12-6-2-1-3-7-12)15-11-19-13-8-4-5-9-14(13)21-15/h1-9,15H,10-11H2,(H,17,18)/t15-/m1/s1. The number of carbonyl (C=O) groups is 1. The first-order valence-electron chi connectivity index (χ1n) is 6.67. The maximum absolute atomic E-state index is 12.0. The topological polar surface area (TPSA) is 56.8 Å². The number of rotatable bonds is 4. The first-order valence-corrected chi connectivity index (χ1v) is 6.67. The van der Waals surface area contributed by atoms with Crippen LogP contribution in [0.25, 0.3) is 0 Å². The molecule has 1 aliphatic rings. The number of ether oxygens (including phenoxy) is 2. The Kier molecular flexibility index (Phi) is 4.02. The van der Waals surface area contributed by atoms with Gasteiger partial charge < -0.3 is 9.47 Å². The Morgan fingerprint density at radius 3 is 2.62 bits per heavy atom. The van der Waals surface area contributed by atoms with Crippen LogP contribution < -0.4 is 15.0 Å². The normalized spacial score (nSPS) is 16.3. The summed E-state index contributed by atoms with van der Waals surface area (Å²) in [6.45, 7) is 0.467. The van der Waals surface area contributed by atoms with Gasteiger partial charge in [-0.05, 0) is 17.7 Å². The molecule has 0 bridgehead atoms. The van der Waals surface area contributed by atoms with Crippen LogP contribution in [0.15, 0.2) is 54.6 Å². The molecule has 0 radical (unpaired) electrons. The van der Waals surface area contributed by atoms with Gasteiger partial charge in [-0.1, -0.05) is 42.5 Å². The summed E-state index contributed by atoms with van der Waals surface area (Å²) >= 11 is 0. The van der Waals surface area contributed by atoms with Crippen molar-refractivity contribution in [2.24, 2.45) is 0 Å². The Morgan fingerprint density at radius 1 is 1.10 bits per heavy atom. The van der Waals surface area contributed by atoms with E-state index in [1.165, 1.54) is 0 Å². The number of benzene rings is 2. The molecular weight excluding hydrogens is 270 g/mol. The Morgan fingerprint density at radius 2 is 1.81 bits per heavy atom. The van der Waals surface area contributed by atoms with Crippen LogP contribution in [0.5, 0.6) is 11.5 Å². The summed E-state index contributed by atoms with van der Waals surface area (Å²) in [5, 5.41) is 0. The molecule has 2 aromatic rings. The van der Waals surface area contributed by atoms with Crippen LogP contribution >= 0.6 is 0 Å². The molecule has 0 saturated heterocycles. The Hall–Kier alpha value is -2.53. The highest BCUT2D eigenvalue weighted by Crippen LogP contribution is 2.30. The summed E-state index contributed by atoms with van der Waals surface area (Å²) in [6, 6.07) is 16.8. The van der Waals surface area contributed by atoms with Crippen molar-refractivity contribution in [1.82, 2.24) is 5.48 Å². The number of hydrogen-bond acceptors (Lipinski definition) is 4. The lowest BCUT2D eigenvalue weighted by Gasteiger charge is -2.25. The second-order valence-electron chi connectivity index (χ2n) is 4.60. The van der Waals surface area contributed by atoms with Crippen molar-refractivity contribution in [2.75, 3.05) is 6.61 Å². The van der Waals surface area contributed by atoms with Gasteiger partial charge in [0.15, 0.2) is 11.5 Å². The first kappa shape index (κ1) is 13.5. The molecule has 0 unspecified atom stereocenters. The summed E-state index contributed by atoms with van der Waals surface area (Å²) < 4.78 is 11.1. The van der Waals surface area contributed by atoms with E-state index in [2.05, 4.69) is 5.48 Å². The van der Waals surface area contributed by atoms with Crippen molar-refractivity contribution < 1.29 is 19.1 Å². The number of amides is 1. The number of hydrogen-bond donors (Lipinski definition) is 1. The largest absolute Gasteiger partial charge is 0.485 e. The van der Waals surface area contributed by atoms with Crippen LogP contribution in [0, 0.1) is 0 Å². The van der Waals surface area contributed by atoms with Crippen LogP contribution in [0.1, 0.15) is 5.56 Å². The third-order valence-electron chi connectivity index (χ3n) is 3.06. The predicted molar refractivity (Wildman–Crippen MR) is 75.7 cm³/mol. The molecule has 2 aromatic carbocycles. The summed E-state index contributed by atoms with van der Waals surface area (Å²) in [6.07, 6.45) is -0.712. The highest BCUT2D eigenvalue weighted by atomic mass is 16.7.